The highest BCUT2D eigenvalue weighted by molar-refractivity contribution is 6.09. The number of carbonyl (C=O) groups excluding carboxylic acids is 1. The van der Waals surface area contributed by atoms with Crippen molar-refractivity contribution in [2.24, 2.45) is 0 Å². The van der Waals surface area contributed by atoms with Crippen molar-refractivity contribution in [3.63, 3.8) is 0 Å². The Bertz CT molecular complexity index is 612. The van der Waals surface area contributed by atoms with Gasteiger partial charge in [-0.15, -0.1) is 0 Å². The first-order valence-corrected chi connectivity index (χ1v) is 5.84. The van der Waals surface area contributed by atoms with Crippen LogP contribution in [0, 0.1) is 0 Å². The maximum Gasteiger partial charge on any atom is 0.387 e. The predicted octanol–water partition coefficient (Wildman–Crippen LogP) is 3.53. The molecule has 0 N–H and O–H groups in total. The molecule has 2 aromatic rings. The maximum atomic E-state index is 12.3. The van der Waals surface area contributed by atoms with E-state index in [1.165, 1.54) is 25.3 Å². The highest BCUT2D eigenvalue weighted by Crippen LogP contribution is 2.20. The van der Waals surface area contributed by atoms with Crippen LogP contribution in [0.4, 0.5) is 8.78 Å². The Morgan fingerprint density at radius 1 is 1.00 bits per heavy atom. The van der Waals surface area contributed by atoms with E-state index in [1.807, 2.05) is 0 Å². The van der Waals surface area contributed by atoms with Gasteiger partial charge in [-0.05, 0) is 24.3 Å². The standard InChI is InChI=1S/C15H12F2O3/c1-19-12-6-2-4-10(8-12)14(18)11-5-3-7-13(9-11)20-15(16)17/h2-9,15H,1H3. The smallest absolute Gasteiger partial charge is 0.387 e. The van der Waals surface area contributed by atoms with Gasteiger partial charge in [-0.3, -0.25) is 4.79 Å². The fourth-order valence-corrected chi connectivity index (χ4v) is 1.74. The summed E-state index contributed by atoms with van der Waals surface area (Å²) in [4.78, 5) is 12.3. The second-order valence-corrected chi connectivity index (χ2v) is 3.97. The molecule has 0 heterocycles. The third-order valence-corrected chi connectivity index (χ3v) is 2.65. The number of carbonyl (C=O) groups is 1. The highest BCUT2D eigenvalue weighted by Gasteiger charge is 2.12. The predicted molar refractivity (Wildman–Crippen MR) is 69.5 cm³/mol. The number of rotatable bonds is 5. The Morgan fingerprint density at radius 2 is 1.55 bits per heavy atom. The normalized spacial score (nSPS) is 10.4. The van der Waals surface area contributed by atoms with E-state index in [-0.39, 0.29) is 17.1 Å². The molecule has 0 saturated carbocycles. The van der Waals surface area contributed by atoms with Gasteiger partial charge >= 0.3 is 6.61 Å². The van der Waals surface area contributed by atoms with E-state index in [0.29, 0.717) is 11.3 Å². The van der Waals surface area contributed by atoms with Gasteiger partial charge in [0, 0.05) is 11.1 Å². The summed E-state index contributed by atoms with van der Waals surface area (Å²) in [6.45, 7) is -2.92. The second kappa shape index (κ2) is 6.14. The highest BCUT2D eigenvalue weighted by atomic mass is 19.3. The molecule has 2 rings (SSSR count). The topological polar surface area (TPSA) is 35.5 Å². The molecule has 0 aliphatic rings. The molecule has 0 radical (unpaired) electrons. The van der Waals surface area contributed by atoms with E-state index < -0.39 is 6.61 Å². The lowest BCUT2D eigenvalue weighted by Gasteiger charge is -2.07. The molecule has 0 aliphatic carbocycles. The Balaban J connectivity index is 2.28. The molecule has 2 aromatic carbocycles. The largest absolute Gasteiger partial charge is 0.497 e. The van der Waals surface area contributed by atoms with Crippen molar-refractivity contribution >= 4 is 5.78 Å². The van der Waals surface area contributed by atoms with Crippen molar-refractivity contribution in [1.82, 2.24) is 0 Å². The number of hydrogen-bond donors (Lipinski definition) is 0. The third-order valence-electron chi connectivity index (χ3n) is 2.65. The average molecular weight is 278 g/mol. The molecule has 0 unspecified atom stereocenters. The molecule has 5 heteroatoms. The molecule has 0 aromatic heterocycles. The van der Waals surface area contributed by atoms with Crippen LogP contribution in [0.25, 0.3) is 0 Å². The molecule has 0 amide bonds. The van der Waals surface area contributed by atoms with Gasteiger partial charge in [0.2, 0.25) is 0 Å². The lowest BCUT2D eigenvalue weighted by molar-refractivity contribution is -0.0498. The number of methoxy groups -OCH3 is 1. The Morgan fingerprint density at radius 3 is 2.10 bits per heavy atom. The molecule has 0 bridgehead atoms. The summed E-state index contributed by atoms with van der Waals surface area (Å²) in [6.07, 6.45) is 0. The zero-order chi connectivity index (χ0) is 14.5. The van der Waals surface area contributed by atoms with Crippen molar-refractivity contribution in [1.29, 1.82) is 0 Å². The summed E-state index contributed by atoms with van der Waals surface area (Å²) in [7, 11) is 1.50. The first-order chi connectivity index (χ1) is 9.60. The summed E-state index contributed by atoms with van der Waals surface area (Å²) >= 11 is 0. The van der Waals surface area contributed by atoms with E-state index in [4.69, 9.17) is 4.74 Å². The number of ether oxygens (including phenoxy) is 2. The van der Waals surface area contributed by atoms with Gasteiger partial charge in [0.05, 0.1) is 7.11 Å². The zero-order valence-corrected chi connectivity index (χ0v) is 10.7. The van der Waals surface area contributed by atoms with Gasteiger partial charge in [0.15, 0.2) is 5.78 Å². The number of ketones is 1. The second-order valence-electron chi connectivity index (χ2n) is 3.97. The molecule has 104 valence electrons. The molecule has 0 saturated heterocycles. The Kier molecular flexibility index (Phi) is 4.30. The zero-order valence-electron chi connectivity index (χ0n) is 10.7. The van der Waals surface area contributed by atoms with Gasteiger partial charge in [0.25, 0.3) is 0 Å². The summed E-state index contributed by atoms with van der Waals surface area (Å²) in [5.74, 6) is 0.216. The van der Waals surface area contributed by atoms with Crippen LogP contribution in [0.15, 0.2) is 48.5 Å². The van der Waals surface area contributed by atoms with E-state index in [9.17, 15) is 13.6 Å². The average Bonchev–Trinajstić information content (AvgIpc) is 2.46. The fraction of sp³-hybridized carbons (Fsp3) is 0.133. The van der Waals surface area contributed by atoms with Gasteiger partial charge in [0.1, 0.15) is 11.5 Å². The van der Waals surface area contributed by atoms with Crippen LogP contribution in [0.1, 0.15) is 15.9 Å². The van der Waals surface area contributed by atoms with Crippen molar-refractivity contribution in [3.05, 3.63) is 59.7 Å². The maximum absolute atomic E-state index is 12.3. The Hall–Kier alpha value is -2.43. The minimum Gasteiger partial charge on any atom is -0.497 e. The van der Waals surface area contributed by atoms with E-state index in [1.54, 1.807) is 30.3 Å². The van der Waals surface area contributed by atoms with E-state index >= 15 is 0 Å². The van der Waals surface area contributed by atoms with Crippen LogP contribution >= 0.6 is 0 Å². The van der Waals surface area contributed by atoms with Gasteiger partial charge < -0.3 is 9.47 Å². The summed E-state index contributed by atoms with van der Waals surface area (Å²) in [6, 6.07) is 12.3. The van der Waals surface area contributed by atoms with Crippen molar-refractivity contribution in [2.45, 2.75) is 6.61 Å². The van der Waals surface area contributed by atoms with Crippen LogP contribution in [0.3, 0.4) is 0 Å². The van der Waals surface area contributed by atoms with Crippen LogP contribution in [0.2, 0.25) is 0 Å². The number of halogens is 2. The lowest BCUT2D eigenvalue weighted by Crippen LogP contribution is -2.05. The van der Waals surface area contributed by atoms with Crippen molar-refractivity contribution in [3.8, 4) is 11.5 Å². The summed E-state index contributed by atoms with van der Waals surface area (Å²) in [5.41, 5.74) is 0.690. The fourth-order valence-electron chi connectivity index (χ4n) is 1.74. The molecule has 3 nitrogen and oxygen atoms in total. The van der Waals surface area contributed by atoms with Crippen LogP contribution in [-0.2, 0) is 0 Å². The van der Waals surface area contributed by atoms with Crippen LogP contribution in [0.5, 0.6) is 11.5 Å². The van der Waals surface area contributed by atoms with Crippen molar-refractivity contribution in [2.75, 3.05) is 7.11 Å². The molecule has 20 heavy (non-hydrogen) atoms. The first-order valence-electron chi connectivity index (χ1n) is 5.84. The SMILES string of the molecule is COc1cccc(C(=O)c2cccc(OC(F)F)c2)c1. The molecular weight excluding hydrogens is 266 g/mol. The monoisotopic (exact) mass is 278 g/mol. The number of alkyl halides is 2. The lowest BCUT2D eigenvalue weighted by atomic mass is 10.0. The summed E-state index contributed by atoms with van der Waals surface area (Å²) in [5, 5.41) is 0. The minimum absolute atomic E-state index is 0.0475. The van der Waals surface area contributed by atoms with Gasteiger partial charge in [-0.2, -0.15) is 8.78 Å². The molecule has 0 atom stereocenters. The quantitative estimate of drug-likeness (QED) is 0.785. The van der Waals surface area contributed by atoms with Crippen molar-refractivity contribution < 1.29 is 23.0 Å². The third kappa shape index (κ3) is 3.32. The number of benzene rings is 2. The van der Waals surface area contributed by atoms with Crippen LogP contribution < -0.4 is 9.47 Å². The Labute approximate surface area is 114 Å². The van der Waals surface area contributed by atoms with E-state index in [2.05, 4.69) is 4.74 Å². The van der Waals surface area contributed by atoms with Gasteiger partial charge in [-0.25, -0.2) is 0 Å². The summed E-state index contributed by atoms with van der Waals surface area (Å²) < 4.78 is 33.6. The molecule has 0 spiro atoms. The van der Waals surface area contributed by atoms with E-state index in [0.717, 1.165) is 0 Å². The van der Waals surface area contributed by atoms with Crippen LogP contribution in [-0.4, -0.2) is 19.5 Å². The molecular formula is C15H12F2O3. The first kappa shape index (κ1) is 14.0. The molecule has 0 fully saturated rings. The molecule has 0 aliphatic heterocycles. The minimum atomic E-state index is -2.92. The number of hydrogen-bond acceptors (Lipinski definition) is 3. The van der Waals surface area contributed by atoms with Gasteiger partial charge in [-0.1, -0.05) is 24.3 Å².